The molecule has 0 fully saturated rings. The summed E-state index contributed by atoms with van der Waals surface area (Å²) in [5.74, 6) is 0.445. The number of esters is 1. The van der Waals surface area contributed by atoms with Gasteiger partial charge in [0.2, 0.25) is 5.76 Å². The molecule has 1 aromatic heterocycles. The zero-order valence-electron chi connectivity index (χ0n) is 10.7. The molecule has 1 aromatic rings. The SMILES string of the molecule is COC(=O)c1ccc(CNCC(C)(C)OC)o1. The molecule has 0 saturated heterocycles. The highest BCUT2D eigenvalue weighted by Gasteiger charge is 2.16. The van der Waals surface area contributed by atoms with Gasteiger partial charge in [0.15, 0.2) is 0 Å². The third-order valence-electron chi connectivity index (χ3n) is 2.45. The first-order valence-electron chi connectivity index (χ1n) is 5.41. The number of ether oxygens (including phenoxy) is 2. The molecule has 0 atom stereocenters. The highest BCUT2D eigenvalue weighted by Crippen LogP contribution is 2.10. The van der Waals surface area contributed by atoms with Gasteiger partial charge in [0.1, 0.15) is 5.76 Å². The van der Waals surface area contributed by atoms with Gasteiger partial charge in [-0.15, -0.1) is 0 Å². The van der Waals surface area contributed by atoms with E-state index in [4.69, 9.17) is 9.15 Å². The molecule has 96 valence electrons. The average Bonchev–Trinajstić information content (AvgIpc) is 2.76. The first-order chi connectivity index (χ1) is 7.98. The Hall–Kier alpha value is -1.33. The van der Waals surface area contributed by atoms with Crippen LogP contribution in [0.3, 0.4) is 0 Å². The number of methoxy groups -OCH3 is 2. The fourth-order valence-corrected chi connectivity index (χ4v) is 1.24. The van der Waals surface area contributed by atoms with Gasteiger partial charge in [-0.05, 0) is 26.0 Å². The minimum absolute atomic E-state index is 0.218. The van der Waals surface area contributed by atoms with Crippen LogP contribution in [0.5, 0.6) is 0 Å². The van der Waals surface area contributed by atoms with Crippen molar-refractivity contribution >= 4 is 5.97 Å². The van der Waals surface area contributed by atoms with Crippen LogP contribution in [0.25, 0.3) is 0 Å². The smallest absolute Gasteiger partial charge is 0.373 e. The zero-order chi connectivity index (χ0) is 12.9. The van der Waals surface area contributed by atoms with E-state index in [0.717, 1.165) is 0 Å². The van der Waals surface area contributed by atoms with Gasteiger partial charge >= 0.3 is 5.97 Å². The Morgan fingerprint density at radius 2 is 2.12 bits per heavy atom. The molecule has 0 spiro atoms. The monoisotopic (exact) mass is 241 g/mol. The number of carbonyl (C=O) groups is 1. The Labute approximate surface area is 101 Å². The summed E-state index contributed by atoms with van der Waals surface area (Å²) in [7, 11) is 2.99. The number of rotatable bonds is 6. The summed E-state index contributed by atoms with van der Waals surface area (Å²) in [6.07, 6.45) is 0. The molecule has 5 nitrogen and oxygen atoms in total. The van der Waals surface area contributed by atoms with E-state index >= 15 is 0 Å². The van der Waals surface area contributed by atoms with Gasteiger partial charge in [-0.2, -0.15) is 0 Å². The third kappa shape index (κ3) is 4.20. The topological polar surface area (TPSA) is 60.7 Å². The maximum absolute atomic E-state index is 11.1. The van der Waals surface area contributed by atoms with Gasteiger partial charge in [-0.1, -0.05) is 0 Å². The van der Waals surface area contributed by atoms with Crippen molar-refractivity contribution < 1.29 is 18.7 Å². The van der Waals surface area contributed by atoms with Crippen molar-refractivity contribution in [2.24, 2.45) is 0 Å². The predicted molar refractivity (Wildman–Crippen MR) is 62.8 cm³/mol. The van der Waals surface area contributed by atoms with Crippen LogP contribution in [-0.2, 0) is 16.0 Å². The number of hydrogen-bond donors (Lipinski definition) is 1. The summed E-state index contributed by atoms with van der Waals surface area (Å²) in [6, 6.07) is 3.35. The second kappa shape index (κ2) is 5.84. The fourth-order valence-electron chi connectivity index (χ4n) is 1.24. The van der Waals surface area contributed by atoms with E-state index in [9.17, 15) is 4.79 Å². The largest absolute Gasteiger partial charge is 0.463 e. The molecule has 5 heteroatoms. The van der Waals surface area contributed by atoms with Crippen LogP contribution >= 0.6 is 0 Å². The van der Waals surface area contributed by atoms with Crippen molar-refractivity contribution in [3.8, 4) is 0 Å². The van der Waals surface area contributed by atoms with E-state index in [0.29, 0.717) is 18.8 Å². The van der Waals surface area contributed by atoms with E-state index in [-0.39, 0.29) is 11.4 Å². The first kappa shape index (κ1) is 13.7. The third-order valence-corrected chi connectivity index (χ3v) is 2.45. The van der Waals surface area contributed by atoms with Gasteiger partial charge in [-0.25, -0.2) is 4.79 Å². The summed E-state index contributed by atoms with van der Waals surface area (Å²) in [5, 5.41) is 3.19. The Kier molecular flexibility index (Phi) is 4.72. The molecule has 0 bridgehead atoms. The lowest BCUT2D eigenvalue weighted by Gasteiger charge is -2.22. The van der Waals surface area contributed by atoms with E-state index < -0.39 is 5.97 Å². The van der Waals surface area contributed by atoms with Crippen LogP contribution in [0.1, 0.15) is 30.2 Å². The zero-order valence-corrected chi connectivity index (χ0v) is 10.7. The van der Waals surface area contributed by atoms with Crippen molar-refractivity contribution in [1.29, 1.82) is 0 Å². The Morgan fingerprint density at radius 1 is 1.41 bits per heavy atom. The standard InChI is InChI=1S/C12H19NO4/c1-12(2,16-4)8-13-7-9-5-6-10(17-9)11(14)15-3/h5-6,13H,7-8H2,1-4H3. The molecule has 0 unspecified atom stereocenters. The molecule has 0 aliphatic carbocycles. The lowest BCUT2D eigenvalue weighted by Crippen LogP contribution is -2.36. The van der Waals surface area contributed by atoms with Crippen molar-refractivity contribution in [1.82, 2.24) is 5.32 Å². The maximum atomic E-state index is 11.1. The number of hydrogen-bond acceptors (Lipinski definition) is 5. The van der Waals surface area contributed by atoms with Crippen LogP contribution in [0, 0.1) is 0 Å². The van der Waals surface area contributed by atoms with E-state index in [2.05, 4.69) is 10.1 Å². The first-order valence-corrected chi connectivity index (χ1v) is 5.41. The predicted octanol–water partition coefficient (Wildman–Crippen LogP) is 1.58. The highest BCUT2D eigenvalue weighted by atomic mass is 16.5. The van der Waals surface area contributed by atoms with Crippen molar-refractivity contribution in [2.45, 2.75) is 26.0 Å². The summed E-state index contributed by atoms with van der Waals surface area (Å²) < 4.78 is 15.1. The molecule has 0 radical (unpaired) electrons. The van der Waals surface area contributed by atoms with Crippen LogP contribution < -0.4 is 5.32 Å². The Balaban J connectivity index is 2.43. The summed E-state index contributed by atoms with van der Waals surface area (Å²) in [5.41, 5.74) is -0.224. The van der Waals surface area contributed by atoms with Gasteiger partial charge in [0.05, 0.1) is 19.3 Å². The van der Waals surface area contributed by atoms with Crippen molar-refractivity contribution in [3.05, 3.63) is 23.7 Å². The Bertz CT molecular complexity index is 370. The van der Waals surface area contributed by atoms with Crippen LogP contribution in [0.15, 0.2) is 16.5 Å². The molecular formula is C12H19NO4. The van der Waals surface area contributed by atoms with Gasteiger partial charge < -0.3 is 19.2 Å². The van der Waals surface area contributed by atoms with Crippen molar-refractivity contribution in [2.75, 3.05) is 20.8 Å². The lowest BCUT2D eigenvalue weighted by atomic mass is 10.1. The quantitative estimate of drug-likeness (QED) is 0.766. The maximum Gasteiger partial charge on any atom is 0.373 e. The molecule has 0 aliphatic heterocycles. The number of nitrogens with one attached hydrogen (secondary N) is 1. The summed E-state index contributed by atoms with van der Waals surface area (Å²) in [4.78, 5) is 11.1. The number of furan rings is 1. The fraction of sp³-hybridized carbons (Fsp3) is 0.583. The minimum Gasteiger partial charge on any atom is -0.463 e. The number of carbonyl (C=O) groups excluding carboxylic acids is 1. The summed E-state index contributed by atoms with van der Waals surface area (Å²) in [6.45, 7) is 5.21. The summed E-state index contributed by atoms with van der Waals surface area (Å²) >= 11 is 0. The molecule has 0 aromatic carbocycles. The van der Waals surface area contributed by atoms with Crippen LogP contribution in [0.2, 0.25) is 0 Å². The van der Waals surface area contributed by atoms with Gasteiger partial charge in [-0.3, -0.25) is 0 Å². The average molecular weight is 241 g/mol. The van der Waals surface area contributed by atoms with Crippen LogP contribution in [0.4, 0.5) is 0 Å². The normalized spacial score (nSPS) is 11.5. The molecule has 17 heavy (non-hydrogen) atoms. The van der Waals surface area contributed by atoms with E-state index in [1.54, 1.807) is 19.2 Å². The van der Waals surface area contributed by atoms with Gasteiger partial charge in [0, 0.05) is 13.7 Å². The van der Waals surface area contributed by atoms with E-state index in [1.807, 2.05) is 13.8 Å². The highest BCUT2D eigenvalue weighted by molar-refractivity contribution is 5.86. The molecule has 0 amide bonds. The molecule has 1 heterocycles. The van der Waals surface area contributed by atoms with E-state index in [1.165, 1.54) is 7.11 Å². The lowest BCUT2D eigenvalue weighted by molar-refractivity contribution is 0.0227. The second-order valence-electron chi connectivity index (χ2n) is 4.32. The molecule has 1 N–H and O–H groups in total. The molecular weight excluding hydrogens is 222 g/mol. The molecule has 1 rings (SSSR count). The van der Waals surface area contributed by atoms with Crippen molar-refractivity contribution in [3.63, 3.8) is 0 Å². The van der Waals surface area contributed by atoms with Crippen LogP contribution in [-0.4, -0.2) is 32.3 Å². The Morgan fingerprint density at radius 3 is 2.71 bits per heavy atom. The molecule has 0 saturated carbocycles. The minimum atomic E-state index is -0.464. The molecule has 0 aliphatic rings. The van der Waals surface area contributed by atoms with Gasteiger partial charge in [0.25, 0.3) is 0 Å². The second-order valence-corrected chi connectivity index (χ2v) is 4.32.